The molecule has 196 valence electrons. The lowest BCUT2D eigenvalue weighted by atomic mass is 10.1. The molecule has 0 unspecified atom stereocenters. The lowest BCUT2D eigenvalue weighted by Crippen LogP contribution is -2.40. The Morgan fingerprint density at radius 2 is 1.83 bits per heavy atom. The molecule has 2 aromatic heterocycles. The minimum atomic E-state index is -0.686. The Morgan fingerprint density at radius 1 is 1.08 bits per heavy atom. The van der Waals surface area contributed by atoms with E-state index in [9.17, 15) is 4.79 Å². The van der Waals surface area contributed by atoms with Crippen LogP contribution in [0.4, 0.5) is 10.6 Å². The largest absolute Gasteiger partial charge is 0.528 e. The summed E-state index contributed by atoms with van der Waals surface area (Å²) in [5.41, 5.74) is 1.45. The zero-order valence-electron chi connectivity index (χ0n) is 21.4. The SMILES string of the molecule is Cc1nc(NCCOC2CC2)ccc1Oc1ncnc(OC2CCN(OC(=O)OC(C)C)CC2)c1C. The Bertz CT molecular complexity index is 1020. The van der Waals surface area contributed by atoms with Crippen molar-refractivity contribution in [2.45, 2.75) is 71.7 Å². The summed E-state index contributed by atoms with van der Waals surface area (Å²) in [7, 11) is 0. The van der Waals surface area contributed by atoms with E-state index < -0.39 is 6.16 Å². The van der Waals surface area contributed by atoms with E-state index in [4.69, 9.17) is 23.8 Å². The second-order valence-electron chi connectivity index (χ2n) is 9.24. The molecule has 11 heteroatoms. The van der Waals surface area contributed by atoms with E-state index in [2.05, 4.69) is 20.3 Å². The maximum Gasteiger partial charge on any atom is 0.528 e. The number of hydrogen-bond acceptors (Lipinski definition) is 11. The lowest BCUT2D eigenvalue weighted by molar-refractivity contribution is -0.151. The number of piperidine rings is 1. The quantitative estimate of drug-likeness (QED) is 0.353. The highest BCUT2D eigenvalue weighted by molar-refractivity contribution is 5.59. The van der Waals surface area contributed by atoms with Crippen molar-refractivity contribution in [1.82, 2.24) is 20.0 Å². The molecule has 36 heavy (non-hydrogen) atoms. The van der Waals surface area contributed by atoms with Crippen LogP contribution < -0.4 is 14.8 Å². The van der Waals surface area contributed by atoms with Gasteiger partial charge < -0.3 is 29.1 Å². The number of carbonyl (C=O) groups excluding carboxylic acids is 1. The molecular formula is C25H35N5O6. The summed E-state index contributed by atoms with van der Waals surface area (Å²) in [6.07, 6.45) is 4.60. The van der Waals surface area contributed by atoms with Crippen molar-refractivity contribution in [3.63, 3.8) is 0 Å². The third-order valence-electron chi connectivity index (χ3n) is 5.74. The van der Waals surface area contributed by atoms with Crippen molar-refractivity contribution >= 4 is 12.0 Å². The molecule has 4 rings (SSSR count). The number of hydroxylamine groups is 2. The van der Waals surface area contributed by atoms with Crippen LogP contribution in [0.5, 0.6) is 17.5 Å². The Kier molecular flexibility index (Phi) is 8.76. The van der Waals surface area contributed by atoms with Gasteiger partial charge in [0.2, 0.25) is 11.8 Å². The van der Waals surface area contributed by atoms with Gasteiger partial charge in [-0.25, -0.2) is 19.7 Å². The average Bonchev–Trinajstić information content (AvgIpc) is 3.66. The van der Waals surface area contributed by atoms with E-state index in [0.29, 0.717) is 68.3 Å². The van der Waals surface area contributed by atoms with E-state index >= 15 is 0 Å². The van der Waals surface area contributed by atoms with E-state index in [-0.39, 0.29) is 12.2 Å². The topological polar surface area (TPSA) is 117 Å². The Hall–Kier alpha value is -3.18. The van der Waals surface area contributed by atoms with Crippen LogP contribution in [0.15, 0.2) is 18.5 Å². The molecule has 0 aromatic carbocycles. The second-order valence-corrected chi connectivity index (χ2v) is 9.24. The molecule has 1 saturated heterocycles. The van der Waals surface area contributed by atoms with Crippen molar-refractivity contribution in [1.29, 1.82) is 0 Å². The number of nitrogens with one attached hydrogen (secondary N) is 1. The number of aromatic nitrogens is 3. The maximum atomic E-state index is 11.7. The van der Waals surface area contributed by atoms with Crippen LogP contribution in [0.2, 0.25) is 0 Å². The Balaban J connectivity index is 1.28. The molecule has 1 aliphatic carbocycles. The molecule has 2 aromatic rings. The van der Waals surface area contributed by atoms with Gasteiger partial charge in [0.25, 0.3) is 0 Å². The summed E-state index contributed by atoms with van der Waals surface area (Å²) in [5, 5.41) is 4.87. The van der Waals surface area contributed by atoms with Gasteiger partial charge in [-0.3, -0.25) is 0 Å². The van der Waals surface area contributed by atoms with Gasteiger partial charge in [0.1, 0.15) is 18.2 Å². The van der Waals surface area contributed by atoms with Gasteiger partial charge in [-0.2, -0.15) is 0 Å². The highest BCUT2D eigenvalue weighted by Gasteiger charge is 2.25. The predicted molar refractivity (Wildman–Crippen MR) is 131 cm³/mol. The lowest BCUT2D eigenvalue weighted by Gasteiger charge is -2.30. The van der Waals surface area contributed by atoms with Crippen LogP contribution in [0.25, 0.3) is 0 Å². The fourth-order valence-corrected chi connectivity index (χ4v) is 3.66. The fourth-order valence-electron chi connectivity index (χ4n) is 3.66. The smallest absolute Gasteiger partial charge is 0.474 e. The van der Waals surface area contributed by atoms with Crippen molar-refractivity contribution < 1.29 is 28.6 Å². The van der Waals surface area contributed by atoms with Crippen molar-refractivity contribution in [3.8, 4) is 17.5 Å². The first kappa shape index (κ1) is 25.9. The number of ether oxygens (including phenoxy) is 4. The number of pyridine rings is 1. The number of nitrogens with zero attached hydrogens (tertiary/aromatic N) is 4. The summed E-state index contributed by atoms with van der Waals surface area (Å²) in [4.78, 5) is 30.1. The molecule has 1 N–H and O–H groups in total. The average molecular weight is 502 g/mol. The molecule has 1 saturated carbocycles. The molecular weight excluding hydrogens is 466 g/mol. The molecule has 0 amide bonds. The van der Waals surface area contributed by atoms with Crippen LogP contribution in [-0.4, -0.2) is 70.7 Å². The minimum Gasteiger partial charge on any atom is -0.474 e. The Labute approximate surface area is 211 Å². The number of hydrogen-bond donors (Lipinski definition) is 1. The minimum absolute atomic E-state index is 0.0647. The maximum absolute atomic E-state index is 11.7. The van der Waals surface area contributed by atoms with Gasteiger partial charge in [0, 0.05) is 32.5 Å². The summed E-state index contributed by atoms with van der Waals surface area (Å²) in [6.45, 7) is 9.78. The van der Waals surface area contributed by atoms with Gasteiger partial charge in [-0.05, 0) is 52.7 Å². The molecule has 0 bridgehead atoms. The summed E-state index contributed by atoms with van der Waals surface area (Å²) >= 11 is 0. The van der Waals surface area contributed by atoms with E-state index in [1.54, 1.807) is 18.9 Å². The number of anilines is 1. The molecule has 1 aliphatic heterocycles. The third kappa shape index (κ3) is 7.66. The second kappa shape index (κ2) is 12.2. The zero-order valence-corrected chi connectivity index (χ0v) is 21.4. The normalized spacial score (nSPS) is 16.6. The number of carbonyl (C=O) groups is 1. The van der Waals surface area contributed by atoms with Crippen molar-refractivity contribution in [2.75, 3.05) is 31.6 Å². The van der Waals surface area contributed by atoms with Crippen molar-refractivity contribution in [2.24, 2.45) is 0 Å². The van der Waals surface area contributed by atoms with E-state index in [1.807, 2.05) is 26.0 Å². The molecule has 2 aliphatic rings. The summed E-state index contributed by atoms with van der Waals surface area (Å²) in [6, 6.07) is 3.74. The summed E-state index contributed by atoms with van der Waals surface area (Å²) < 4.78 is 22.9. The standard InChI is InChI=1S/C25H35N5O6/c1-16(2)33-25(31)36-30-12-9-20(10-13-30)34-23-17(3)24(28-15-27-23)35-21-7-8-22(29-18(21)4)26-11-14-32-19-5-6-19/h7-8,15-16,19-20H,5-6,9-14H2,1-4H3,(H,26,29). The molecule has 2 fully saturated rings. The number of aryl methyl sites for hydroxylation is 1. The molecule has 0 radical (unpaired) electrons. The monoisotopic (exact) mass is 501 g/mol. The van der Waals surface area contributed by atoms with E-state index in [0.717, 1.165) is 11.5 Å². The van der Waals surface area contributed by atoms with Crippen LogP contribution in [-0.2, 0) is 14.3 Å². The van der Waals surface area contributed by atoms with E-state index in [1.165, 1.54) is 19.2 Å². The van der Waals surface area contributed by atoms with Gasteiger partial charge >= 0.3 is 6.16 Å². The van der Waals surface area contributed by atoms with Gasteiger partial charge in [0.15, 0.2) is 5.75 Å². The van der Waals surface area contributed by atoms with Crippen molar-refractivity contribution in [3.05, 3.63) is 29.7 Å². The summed E-state index contributed by atoms with van der Waals surface area (Å²) in [5.74, 6) is 2.27. The molecule has 0 atom stereocenters. The zero-order chi connectivity index (χ0) is 25.5. The highest BCUT2D eigenvalue weighted by Crippen LogP contribution is 2.31. The van der Waals surface area contributed by atoms with Gasteiger partial charge in [0.05, 0.1) is 30.1 Å². The van der Waals surface area contributed by atoms with Crippen LogP contribution in [0.1, 0.15) is 50.8 Å². The molecule has 0 spiro atoms. The number of rotatable bonds is 11. The van der Waals surface area contributed by atoms with Crippen LogP contribution in [0, 0.1) is 13.8 Å². The predicted octanol–water partition coefficient (Wildman–Crippen LogP) is 4.19. The fraction of sp³-hybridized carbons (Fsp3) is 0.600. The van der Waals surface area contributed by atoms with Crippen LogP contribution in [0.3, 0.4) is 0 Å². The highest BCUT2D eigenvalue weighted by atomic mass is 16.8. The first-order chi connectivity index (χ1) is 17.4. The first-order valence-corrected chi connectivity index (χ1v) is 12.5. The van der Waals surface area contributed by atoms with Gasteiger partial charge in [-0.15, -0.1) is 5.06 Å². The van der Waals surface area contributed by atoms with Gasteiger partial charge in [-0.1, -0.05) is 0 Å². The third-order valence-corrected chi connectivity index (χ3v) is 5.74. The van der Waals surface area contributed by atoms with Crippen LogP contribution >= 0.6 is 0 Å². The molecule has 3 heterocycles. The first-order valence-electron chi connectivity index (χ1n) is 12.5. The Morgan fingerprint density at radius 3 is 2.53 bits per heavy atom. The molecule has 11 nitrogen and oxygen atoms in total.